The molecule has 3 N–H and O–H groups in total. The summed E-state index contributed by atoms with van der Waals surface area (Å²) in [5, 5.41) is 7.32. The standard InChI is InChI=1S/C42H33ClF8N8O2S/c1-19-32-33-36(42(49,50)51)56-59(37(33)41(47,48)34(19)32)18-31(60)53-29(14-20-12-23(44)16-24(45)13-20)35-26(21-2-7-28(46)27(15-21)38(52)61)17-30-39(54-35)55-40(62-30)58-10-8-57(9-11-58)25-5-3-22(43)4-6-25/h2-7,12-13,15-17,19,29,32,34H,8-11,14,18H2,1H3,(H2,52,61)(H,53,60)/t19-,29+,32?,34?/m1/s1. The third-order valence-corrected chi connectivity index (χ3v) is 13.0. The minimum atomic E-state index is -5.09. The SMILES string of the molecule is C[C@@H]1C2c3c(C(F)(F)F)nn(CC(=O)N[C@@H](Cc4cc(F)cc(F)c4)c4nc5nc(N6CCN(c7ccc(Cl)cc7)CC6)sc5cc4-c4ccc(F)c(C(N)=O)c4)c3C(F)(F)C21. The molecule has 2 amide bonds. The number of aromatic nitrogens is 4. The van der Waals surface area contributed by atoms with Gasteiger partial charge in [-0.1, -0.05) is 35.9 Å². The van der Waals surface area contributed by atoms with E-state index in [1.807, 2.05) is 17.0 Å². The number of carbonyl (C=O) groups is 2. The maximum absolute atomic E-state index is 15.7. The predicted octanol–water partition coefficient (Wildman–Crippen LogP) is 8.62. The number of hydrogen-bond donors (Lipinski definition) is 2. The van der Waals surface area contributed by atoms with Gasteiger partial charge >= 0.3 is 6.18 Å². The maximum Gasteiger partial charge on any atom is 0.435 e. The molecular weight excluding hydrogens is 868 g/mol. The summed E-state index contributed by atoms with van der Waals surface area (Å²) in [7, 11) is 0. The highest BCUT2D eigenvalue weighted by molar-refractivity contribution is 7.22. The van der Waals surface area contributed by atoms with Crippen molar-refractivity contribution in [3.8, 4) is 11.1 Å². The van der Waals surface area contributed by atoms with Gasteiger partial charge in [-0.05, 0) is 78.1 Å². The summed E-state index contributed by atoms with van der Waals surface area (Å²) in [5.74, 6) is -11.9. The third-order valence-electron chi connectivity index (χ3n) is 11.7. The second kappa shape index (κ2) is 15.2. The van der Waals surface area contributed by atoms with Crippen molar-refractivity contribution in [3.63, 3.8) is 0 Å². The molecule has 62 heavy (non-hydrogen) atoms. The molecule has 2 fully saturated rings. The number of anilines is 2. The van der Waals surface area contributed by atoms with Crippen LogP contribution in [0.1, 0.15) is 57.5 Å². The Labute approximate surface area is 356 Å². The lowest BCUT2D eigenvalue weighted by Gasteiger charge is -2.35. The van der Waals surface area contributed by atoms with Crippen LogP contribution in [-0.4, -0.2) is 57.7 Å². The third kappa shape index (κ3) is 7.47. The molecule has 0 spiro atoms. The van der Waals surface area contributed by atoms with E-state index < -0.39 is 94.2 Å². The molecular formula is C42H33ClF8N8O2S. The molecule has 322 valence electrons. The fraction of sp³-hybridized carbons (Fsp3) is 0.310. The number of pyridine rings is 1. The number of halogens is 9. The van der Waals surface area contributed by atoms with Gasteiger partial charge in [-0.25, -0.2) is 18.2 Å². The molecule has 3 aromatic carbocycles. The van der Waals surface area contributed by atoms with E-state index in [2.05, 4.69) is 15.3 Å². The number of alkyl halides is 5. The zero-order valence-corrected chi connectivity index (χ0v) is 33.9. The first-order valence-electron chi connectivity index (χ1n) is 19.3. The number of nitrogens with two attached hydrogens (primary N) is 1. The van der Waals surface area contributed by atoms with Crippen LogP contribution < -0.4 is 20.9 Å². The number of hydrogen-bond acceptors (Lipinski definition) is 8. The fourth-order valence-electron chi connectivity index (χ4n) is 8.83. The Balaban J connectivity index is 1.11. The van der Waals surface area contributed by atoms with Crippen LogP contribution in [0.25, 0.3) is 21.5 Å². The number of rotatable bonds is 10. The van der Waals surface area contributed by atoms with Gasteiger partial charge < -0.3 is 20.9 Å². The largest absolute Gasteiger partial charge is 0.435 e. The molecule has 1 saturated carbocycles. The van der Waals surface area contributed by atoms with E-state index in [9.17, 15) is 35.9 Å². The van der Waals surface area contributed by atoms with Crippen LogP contribution in [0.5, 0.6) is 0 Å². The highest BCUT2D eigenvalue weighted by atomic mass is 35.5. The van der Waals surface area contributed by atoms with Crippen LogP contribution in [0.3, 0.4) is 0 Å². The van der Waals surface area contributed by atoms with Gasteiger partial charge in [0.2, 0.25) is 5.91 Å². The van der Waals surface area contributed by atoms with Crippen LogP contribution >= 0.6 is 22.9 Å². The average molecular weight is 901 g/mol. The summed E-state index contributed by atoms with van der Waals surface area (Å²) < 4.78 is 119. The van der Waals surface area contributed by atoms with Gasteiger partial charge in [0.15, 0.2) is 16.5 Å². The van der Waals surface area contributed by atoms with Gasteiger partial charge in [0.25, 0.3) is 11.8 Å². The van der Waals surface area contributed by atoms with Gasteiger partial charge in [0, 0.05) is 65.9 Å². The van der Waals surface area contributed by atoms with E-state index in [0.29, 0.717) is 51.8 Å². The summed E-state index contributed by atoms with van der Waals surface area (Å²) in [6.45, 7) is 2.76. The van der Waals surface area contributed by atoms with E-state index >= 15 is 8.78 Å². The van der Waals surface area contributed by atoms with Crippen LogP contribution in [-0.2, 0) is 29.9 Å². The van der Waals surface area contributed by atoms with Crippen molar-refractivity contribution in [2.24, 2.45) is 17.6 Å². The van der Waals surface area contributed by atoms with E-state index in [-0.39, 0.29) is 34.5 Å². The molecule has 10 nitrogen and oxygen atoms in total. The van der Waals surface area contributed by atoms with Crippen molar-refractivity contribution in [3.05, 3.63) is 123 Å². The molecule has 1 saturated heterocycles. The molecule has 3 aromatic heterocycles. The Kier molecular flexibility index (Phi) is 10.2. The minimum Gasteiger partial charge on any atom is -0.368 e. The zero-order chi connectivity index (χ0) is 44.0. The van der Waals surface area contributed by atoms with Crippen LogP contribution in [0, 0.1) is 29.3 Å². The highest BCUT2D eigenvalue weighted by Gasteiger charge is 2.72. The van der Waals surface area contributed by atoms with Gasteiger partial charge in [-0.2, -0.15) is 32.0 Å². The summed E-state index contributed by atoms with van der Waals surface area (Å²) >= 11 is 7.35. The molecule has 0 bridgehead atoms. The van der Waals surface area contributed by atoms with Gasteiger partial charge in [-0.15, -0.1) is 0 Å². The topological polar surface area (TPSA) is 122 Å². The Morgan fingerprint density at radius 3 is 2.29 bits per heavy atom. The van der Waals surface area contributed by atoms with Crippen molar-refractivity contribution in [1.29, 1.82) is 0 Å². The zero-order valence-electron chi connectivity index (χ0n) is 32.3. The number of primary amides is 1. The number of nitrogens with zero attached hydrogens (tertiary/aromatic N) is 6. The van der Waals surface area contributed by atoms with Gasteiger partial charge in [-0.3, -0.25) is 14.3 Å². The molecule has 1 aliphatic heterocycles. The summed E-state index contributed by atoms with van der Waals surface area (Å²) in [4.78, 5) is 40.1. The monoisotopic (exact) mass is 900 g/mol. The number of amides is 2. The lowest BCUT2D eigenvalue weighted by atomic mass is 9.94. The van der Waals surface area contributed by atoms with Crippen molar-refractivity contribution >= 4 is 55.9 Å². The first-order valence-corrected chi connectivity index (χ1v) is 20.5. The Bertz CT molecular complexity index is 2750. The number of fused-ring (bicyclic) bond motifs is 4. The number of piperazine rings is 1. The van der Waals surface area contributed by atoms with Crippen LogP contribution in [0.4, 0.5) is 45.9 Å². The number of thiazole rings is 1. The minimum absolute atomic E-state index is 0.00931. The van der Waals surface area contributed by atoms with E-state index in [4.69, 9.17) is 27.3 Å². The fourth-order valence-corrected chi connectivity index (χ4v) is 9.96. The summed E-state index contributed by atoms with van der Waals surface area (Å²) in [5.41, 5.74) is 3.44. The first kappa shape index (κ1) is 41.5. The Morgan fingerprint density at radius 1 is 0.952 bits per heavy atom. The smallest absolute Gasteiger partial charge is 0.368 e. The van der Waals surface area contributed by atoms with Gasteiger partial charge in [0.1, 0.15) is 29.7 Å². The van der Waals surface area contributed by atoms with E-state index in [1.165, 1.54) is 30.4 Å². The first-order chi connectivity index (χ1) is 29.4. The number of nitrogens with one attached hydrogen (secondary N) is 1. The number of carbonyl (C=O) groups excluding carboxylic acids is 2. The second-order valence-corrected chi connectivity index (χ2v) is 17.1. The summed E-state index contributed by atoms with van der Waals surface area (Å²) in [6.07, 6.45) is -5.48. The Morgan fingerprint density at radius 2 is 1.63 bits per heavy atom. The molecule has 6 aromatic rings. The van der Waals surface area contributed by atoms with Crippen molar-refractivity contribution in [2.75, 3.05) is 36.0 Å². The molecule has 0 radical (unpaired) electrons. The lowest BCUT2D eigenvalue weighted by Crippen LogP contribution is -2.46. The van der Waals surface area contributed by atoms with Crippen LogP contribution in [0.15, 0.2) is 66.7 Å². The lowest BCUT2D eigenvalue weighted by molar-refractivity contribution is -0.142. The molecule has 4 heterocycles. The molecule has 20 heteroatoms. The van der Waals surface area contributed by atoms with Crippen molar-refractivity contribution < 1.29 is 44.7 Å². The van der Waals surface area contributed by atoms with Crippen molar-refractivity contribution in [2.45, 2.75) is 43.9 Å². The quantitative estimate of drug-likeness (QED) is 0.132. The van der Waals surface area contributed by atoms with Crippen molar-refractivity contribution in [1.82, 2.24) is 25.1 Å². The van der Waals surface area contributed by atoms with Gasteiger partial charge in [0.05, 0.1) is 22.0 Å². The molecule has 4 atom stereocenters. The predicted molar refractivity (Wildman–Crippen MR) is 215 cm³/mol. The van der Waals surface area contributed by atoms with E-state index in [1.54, 1.807) is 18.2 Å². The molecule has 2 aliphatic carbocycles. The molecule has 9 rings (SSSR count). The molecule has 2 unspecified atom stereocenters. The average Bonchev–Trinajstić information content (AvgIpc) is 3.45. The summed E-state index contributed by atoms with van der Waals surface area (Å²) in [6, 6.07) is 13.8. The highest BCUT2D eigenvalue weighted by Crippen LogP contribution is 2.71. The Hall–Kier alpha value is -5.82. The normalized spacial score (nSPS) is 19.7. The van der Waals surface area contributed by atoms with Crippen LogP contribution in [0.2, 0.25) is 5.02 Å². The number of benzene rings is 3. The molecule has 3 aliphatic rings. The van der Waals surface area contributed by atoms with E-state index in [0.717, 1.165) is 23.9 Å². The maximum atomic E-state index is 15.7. The second-order valence-electron chi connectivity index (χ2n) is 15.7.